The summed E-state index contributed by atoms with van der Waals surface area (Å²) in [6.45, 7) is 3.90. The molecule has 0 saturated carbocycles. The Balaban J connectivity index is 1.48. The zero-order chi connectivity index (χ0) is 17.3. The standard InChI is InChI=1S/C20H24N2O3/c23-20(25-15-18-9-5-2-6-10-18)21-19-14-22(11-12-24-16-19)13-17-7-3-1-4-8-17/h1-10,19H,11-16H2,(H,21,23). The zero-order valence-corrected chi connectivity index (χ0v) is 14.3. The van der Waals surface area contributed by atoms with Gasteiger partial charge in [0.1, 0.15) is 6.61 Å². The van der Waals surface area contributed by atoms with E-state index in [4.69, 9.17) is 9.47 Å². The first-order valence-electron chi connectivity index (χ1n) is 8.61. The van der Waals surface area contributed by atoms with Crippen LogP contribution in [0.5, 0.6) is 0 Å². The molecule has 132 valence electrons. The Bertz CT molecular complexity index is 649. The van der Waals surface area contributed by atoms with Gasteiger partial charge in [0.25, 0.3) is 0 Å². The van der Waals surface area contributed by atoms with Crippen LogP contribution in [-0.2, 0) is 22.6 Å². The summed E-state index contributed by atoms with van der Waals surface area (Å²) in [6, 6.07) is 19.9. The van der Waals surface area contributed by atoms with Crippen LogP contribution in [-0.4, -0.2) is 43.3 Å². The first-order chi connectivity index (χ1) is 12.3. The minimum Gasteiger partial charge on any atom is -0.445 e. The molecular formula is C20H24N2O3. The van der Waals surface area contributed by atoms with E-state index < -0.39 is 6.09 Å². The Morgan fingerprint density at radius 1 is 1.08 bits per heavy atom. The van der Waals surface area contributed by atoms with Gasteiger partial charge in [0, 0.05) is 19.6 Å². The van der Waals surface area contributed by atoms with E-state index in [2.05, 4.69) is 22.3 Å². The van der Waals surface area contributed by atoms with Crippen LogP contribution < -0.4 is 5.32 Å². The lowest BCUT2D eigenvalue weighted by Crippen LogP contribution is -2.44. The zero-order valence-electron chi connectivity index (χ0n) is 14.3. The molecule has 1 unspecified atom stereocenters. The van der Waals surface area contributed by atoms with Gasteiger partial charge in [0.2, 0.25) is 0 Å². The number of carbonyl (C=O) groups is 1. The van der Waals surface area contributed by atoms with Crippen LogP contribution in [0.15, 0.2) is 60.7 Å². The minimum atomic E-state index is -0.404. The van der Waals surface area contributed by atoms with Crippen LogP contribution in [0.25, 0.3) is 0 Å². The van der Waals surface area contributed by atoms with Crippen molar-refractivity contribution in [2.24, 2.45) is 0 Å². The van der Waals surface area contributed by atoms with E-state index in [9.17, 15) is 4.79 Å². The van der Waals surface area contributed by atoms with Gasteiger partial charge in [0.05, 0.1) is 19.3 Å². The van der Waals surface area contributed by atoms with Crippen LogP contribution in [0, 0.1) is 0 Å². The molecule has 5 nitrogen and oxygen atoms in total. The summed E-state index contributed by atoms with van der Waals surface area (Å²) < 4.78 is 10.9. The monoisotopic (exact) mass is 340 g/mol. The number of hydrogen-bond acceptors (Lipinski definition) is 4. The fraction of sp³-hybridized carbons (Fsp3) is 0.350. The lowest BCUT2D eigenvalue weighted by molar-refractivity contribution is 0.112. The van der Waals surface area contributed by atoms with Crippen molar-refractivity contribution in [3.8, 4) is 0 Å². The highest BCUT2D eigenvalue weighted by Gasteiger charge is 2.21. The maximum absolute atomic E-state index is 12.1. The van der Waals surface area contributed by atoms with Crippen molar-refractivity contribution in [2.45, 2.75) is 19.2 Å². The molecule has 1 heterocycles. The van der Waals surface area contributed by atoms with Gasteiger partial charge in [-0.1, -0.05) is 60.7 Å². The second kappa shape index (κ2) is 9.20. The van der Waals surface area contributed by atoms with Crippen LogP contribution in [0.2, 0.25) is 0 Å². The summed E-state index contributed by atoms with van der Waals surface area (Å²) in [6.07, 6.45) is -0.404. The van der Waals surface area contributed by atoms with E-state index in [0.717, 1.165) is 25.2 Å². The van der Waals surface area contributed by atoms with Crippen molar-refractivity contribution in [2.75, 3.05) is 26.3 Å². The van der Waals surface area contributed by atoms with Crippen molar-refractivity contribution in [3.63, 3.8) is 0 Å². The number of amides is 1. The third-order valence-electron chi connectivity index (χ3n) is 4.13. The molecule has 0 bridgehead atoms. The van der Waals surface area contributed by atoms with Crippen molar-refractivity contribution in [1.82, 2.24) is 10.2 Å². The molecule has 25 heavy (non-hydrogen) atoms. The molecule has 1 atom stereocenters. The predicted molar refractivity (Wildman–Crippen MR) is 96.1 cm³/mol. The van der Waals surface area contributed by atoms with E-state index >= 15 is 0 Å². The summed E-state index contributed by atoms with van der Waals surface area (Å²) in [5.41, 5.74) is 2.23. The van der Waals surface area contributed by atoms with Gasteiger partial charge in [0.15, 0.2) is 0 Å². The highest BCUT2D eigenvalue weighted by Crippen LogP contribution is 2.08. The normalized spacial score (nSPS) is 18.3. The van der Waals surface area contributed by atoms with Crippen molar-refractivity contribution >= 4 is 6.09 Å². The molecule has 1 aliphatic heterocycles. The Morgan fingerprint density at radius 3 is 2.48 bits per heavy atom. The topological polar surface area (TPSA) is 50.8 Å². The Labute approximate surface area is 148 Å². The summed E-state index contributed by atoms with van der Waals surface area (Å²) in [4.78, 5) is 14.4. The van der Waals surface area contributed by atoms with E-state index in [1.54, 1.807) is 0 Å². The highest BCUT2D eigenvalue weighted by molar-refractivity contribution is 5.67. The van der Waals surface area contributed by atoms with Crippen molar-refractivity contribution in [3.05, 3.63) is 71.8 Å². The fourth-order valence-corrected chi connectivity index (χ4v) is 2.88. The number of rotatable bonds is 5. The number of alkyl carbamates (subject to hydrolysis) is 1. The first-order valence-corrected chi connectivity index (χ1v) is 8.61. The molecular weight excluding hydrogens is 316 g/mol. The number of nitrogens with one attached hydrogen (secondary N) is 1. The lowest BCUT2D eigenvalue weighted by Gasteiger charge is -2.23. The number of carbonyl (C=O) groups excluding carboxylic acids is 1. The van der Waals surface area contributed by atoms with Crippen molar-refractivity contribution in [1.29, 1.82) is 0 Å². The lowest BCUT2D eigenvalue weighted by atomic mass is 10.2. The van der Waals surface area contributed by atoms with E-state index in [-0.39, 0.29) is 12.6 Å². The van der Waals surface area contributed by atoms with E-state index in [0.29, 0.717) is 13.2 Å². The molecule has 2 aromatic carbocycles. The van der Waals surface area contributed by atoms with Crippen molar-refractivity contribution < 1.29 is 14.3 Å². The predicted octanol–water partition coefficient (Wildman–Crippen LogP) is 2.81. The van der Waals surface area contributed by atoms with Crippen LogP contribution >= 0.6 is 0 Å². The van der Waals surface area contributed by atoms with Gasteiger partial charge in [-0.15, -0.1) is 0 Å². The molecule has 5 heteroatoms. The van der Waals surface area contributed by atoms with Gasteiger partial charge in [-0.25, -0.2) is 4.79 Å². The Hall–Kier alpha value is -2.37. The maximum Gasteiger partial charge on any atom is 0.407 e. The highest BCUT2D eigenvalue weighted by atomic mass is 16.5. The maximum atomic E-state index is 12.1. The third-order valence-corrected chi connectivity index (χ3v) is 4.13. The first kappa shape index (κ1) is 17.5. The van der Waals surface area contributed by atoms with Gasteiger partial charge in [-0.2, -0.15) is 0 Å². The molecule has 3 rings (SSSR count). The van der Waals surface area contributed by atoms with Crippen LogP contribution in [0.1, 0.15) is 11.1 Å². The average molecular weight is 340 g/mol. The molecule has 1 amide bonds. The second-order valence-corrected chi connectivity index (χ2v) is 6.20. The minimum absolute atomic E-state index is 0.0746. The van der Waals surface area contributed by atoms with Crippen LogP contribution in [0.4, 0.5) is 4.79 Å². The number of hydrogen-bond donors (Lipinski definition) is 1. The largest absolute Gasteiger partial charge is 0.445 e. The molecule has 1 saturated heterocycles. The molecule has 0 spiro atoms. The molecule has 1 fully saturated rings. The number of ether oxygens (including phenoxy) is 2. The molecule has 0 aliphatic carbocycles. The van der Waals surface area contributed by atoms with Gasteiger partial charge in [-0.3, -0.25) is 4.90 Å². The Kier molecular flexibility index (Phi) is 6.42. The number of benzene rings is 2. The van der Waals surface area contributed by atoms with E-state index in [1.165, 1.54) is 5.56 Å². The number of nitrogens with zero attached hydrogens (tertiary/aromatic N) is 1. The van der Waals surface area contributed by atoms with Gasteiger partial charge in [-0.05, 0) is 11.1 Å². The summed E-state index contributed by atoms with van der Waals surface area (Å²) in [7, 11) is 0. The third kappa shape index (κ3) is 5.89. The fourth-order valence-electron chi connectivity index (χ4n) is 2.88. The van der Waals surface area contributed by atoms with Gasteiger partial charge >= 0.3 is 6.09 Å². The smallest absolute Gasteiger partial charge is 0.407 e. The van der Waals surface area contributed by atoms with Gasteiger partial charge < -0.3 is 14.8 Å². The average Bonchev–Trinajstić information content (AvgIpc) is 2.86. The summed E-state index contributed by atoms with van der Waals surface area (Å²) >= 11 is 0. The van der Waals surface area contributed by atoms with Crippen LogP contribution in [0.3, 0.4) is 0 Å². The molecule has 1 N–H and O–H groups in total. The summed E-state index contributed by atoms with van der Waals surface area (Å²) in [5, 5.41) is 2.92. The molecule has 1 aliphatic rings. The molecule has 0 radical (unpaired) electrons. The molecule has 2 aromatic rings. The summed E-state index contributed by atoms with van der Waals surface area (Å²) in [5.74, 6) is 0. The quantitative estimate of drug-likeness (QED) is 0.909. The molecule has 0 aromatic heterocycles. The Morgan fingerprint density at radius 2 is 1.76 bits per heavy atom. The SMILES string of the molecule is O=C(NC1COCCN(Cc2ccccc2)C1)OCc1ccccc1. The second-order valence-electron chi connectivity index (χ2n) is 6.20. The van der Waals surface area contributed by atoms with E-state index in [1.807, 2.05) is 48.5 Å².